The topological polar surface area (TPSA) is 15.3 Å². The van der Waals surface area contributed by atoms with Crippen molar-refractivity contribution in [3.05, 3.63) is 28.2 Å². The van der Waals surface area contributed by atoms with E-state index in [9.17, 15) is 0 Å². The van der Waals surface area contributed by atoms with Crippen molar-refractivity contribution < 1.29 is 0 Å². The number of nitrogens with zero attached hydrogens (tertiary/aromatic N) is 1. The number of anilines is 1. The first-order valence-corrected chi connectivity index (χ1v) is 8.26. The first-order chi connectivity index (χ1) is 9.19. The molecule has 2 aliphatic rings. The summed E-state index contributed by atoms with van der Waals surface area (Å²) in [7, 11) is 0. The van der Waals surface area contributed by atoms with Crippen molar-refractivity contribution >= 4 is 21.6 Å². The Morgan fingerprint density at radius 2 is 2.16 bits per heavy atom. The van der Waals surface area contributed by atoms with Gasteiger partial charge in [0.1, 0.15) is 0 Å². The highest BCUT2D eigenvalue weighted by Crippen LogP contribution is 2.36. The van der Waals surface area contributed by atoms with Crippen molar-refractivity contribution in [2.75, 3.05) is 18.0 Å². The first kappa shape index (κ1) is 13.4. The Kier molecular flexibility index (Phi) is 3.86. The van der Waals surface area contributed by atoms with Gasteiger partial charge in [0.05, 0.1) is 0 Å². The zero-order valence-corrected chi connectivity index (χ0v) is 13.4. The van der Waals surface area contributed by atoms with Crippen molar-refractivity contribution in [1.82, 2.24) is 5.32 Å². The Bertz CT molecular complexity index is 456. The Balaban J connectivity index is 1.85. The number of hydrogen-bond donors (Lipinski definition) is 1. The summed E-state index contributed by atoms with van der Waals surface area (Å²) in [6.07, 6.45) is 3.93. The minimum Gasteiger partial charge on any atom is -0.366 e. The quantitative estimate of drug-likeness (QED) is 0.914. The molecular weight excluding hydrogens is 300 g/mol. The monoisotopic (exact) mass is 322 g/mol. The zero-order chi connectivity index (χ0) is 13.4. The van der Waals surface area contributed by atoms with Crippen LogP contribution >= 0.6 is 15.9 Å². The van der Waals surface area contributed by atoms with Crippen LogP contribution in [0.15, 0.2) is 22.7 Å². The summed E-state index contributed by atoms with van der Waals surface area (Å²) >= 11 is 3.59. The molecule has 1 saturated carbocycles. The van der Waals surface area contributed by atoms with Gasteiger partial charge in [0.25, 0.3) is 0 Å². The second kappa shape index (κ2) is 5.45. The molecule has 1 heterocycles. The van der Waals surface area contributed by atoms with Crippen LogP contribution in [0.25, 0.3) is 0 Å². The van der Waals surface area contributed by atoms with Crippen molar-refractivity contribution in [3.8, 4) is 0 Å². The number of nitrogens with one attached hydrogen (secondary N) is 1. The molecule has 2 fully saturated rings. The van der Waals surface area contributed by atoms with Gasteiger partial charge in [-0.2, -0.15) is 0 Å². The fraction of sp³-hybridized carbons (Fsp3) is 0.625. The lowest BCUT2D eigenvalue weighted by Gasteiger charge is -2.41. The Hall–Kier alpha value is -0.540. The van der Waals surface area contributed by atoms with Gasteiger partial charge in [-0.3, -0.25) is 0 Å². The van der Waals surface area contributed by atoms with Gasteiger partial charge in [-0.1, -0.05) is 22.9 Å². The van der Waals surface area contributed by atoms with E-state index >= 15 is 0 Å². The van der Waals surface area contributed by atoms with E-state index in [4.69, 9.17) is 0 Å². The van der Waals surface area contributed by atoms with Gasteiger partial charge >= 0.3 is 0 Å². The molecule has 0 aromatic heterocycles. The van der Waals surface area contributed by atoms with Crippen LogP contribution in [0, 0.1) is 5.92 Å². The SMILES string of the molecule is CCc1cc(Br)ccc1N1CC(C2CC2)NCC1C. The summed E-state index contributed by atoms with van der Waals surface area (Å²) in [5.74, 6) is 0.926. The summed E-state index contributed by atoms with van der Waals surface area (Å²) in [6, 6.07) is 8.02. The Morgan fingerprint density at radius 3 is 2.84 bits per heavy atom. The van der Waals surface area contributed by atoms with Crippen molar-refractivity contribution in [2.24, 2.45) is 5.92 Å². The molecule has 104 valence electrons. The summed E-state index contributed by atoms with van der Waals surface area (Å²) in [6.45, 7) is 6.86. The molecule has 0 spiro atoms. The Labute approximate surface area is 124 Å². The molecule has 1 saturated heterocycles. The molecule has 19 heavy (non-hydrogen) atoms. The standard InChI is InChI=1S/C16H23BrN2/c1-3-12-8-14(17)6-7-16(12)19-10-15(13-4-5-13)18-9-11(19)2/h6-8,11,13,15,18H,3-5,9-10H2,1-2H3. The van der Waals surface area contributed by atoms with E-state index in [0.717, 1.165) is 18.9 Å². The third kappa shape index (κ3) is 2.82. The molecular formula is C16H23BrN2. The van der Waals surface area contributed by atoms with Crippen molar-refractivity contribution in [2.45, 2.75) is 45.2 Å². The minimum absolute atomic E-state index is 0.585. The molecule has 3 heteroatoms. The van der Waals surface area contributed by atoms with E-state index in [1.165, 1.54) is 35.1 Å². The first-order valence-electron chi connectivity index (χ1n) is 7.47. The number of rotatable bonds is 3. The second-order valence-electron chi connectivity index (χ2n) is 5.98. The fourth-order valence-electron chi connectivity index (χ4n) is 3.16. The number of halogens is 1. The smallest absolute Gasteiger partial charge is 0.0402 e. The molecule has 2 nitrogen and oxygen atoms in total. The average Bonchev–Trinajstić information content (AvgIpc) is 3.24. The fourth-order valence-corrected chi connectivity index (χ4v) is 3.56. The van der Waals surface area contributed by atoms with Gasteiger partial charge in [0.15, 0.2) is 0 Å². The van der Waals surface area contributed by atoms with Gasteiger partial charge < -0.3 is 10.2 Å². The van der Waals surface area contributed by atoms with Gasteiger partial charge in [-0.05, 0) is 55.9 Å². The van der Waals surface area contributed by atoms with E-state index in [1.54, 1.807) is 0 Å². The molecule has 0 radical (unpaired) electrons. The predicted molar refractivity (Wildman–Crippen MR) is 84.8 cm³/mol. The van der Waals surface area contributed by atoms with Gasteiger partial charge in [0, 0.05) is 35.3 Å². The molecule has 2 unspecified atom stereocenters. The number of piperazine rings is 1. The maximum atomic E-state index is 3.73. The lowest BCUT2D eigenvalue weighted by Crippen LogP contribution is -2.56. The van der Waals surface area contributed by atoms with Gasteiger partial charge in [-0.15, -0.1) is 0 Å². The lowest BCUT2D eigenvalue weighted by molar-refractivity contribution is 0.375. The average molecular weight is 323 g/mol. The third-order valence-electron chi connectivity index (χ3n) is 4.52. The molecule has 1 aromatic rings. The summed E-state index contributed by atoms with van der Waals surface area (Å²) in [5.41, 5.74) is 2.89. The highest BCUT2D eigenvalue weighted by Gasteiger charge is 2.36. The second-order valence-corrected chi connectivity index (χ2v) is 6.90. The normalized spacial score (nSPS) is 27.6. The molecule has 3 rings (SSSR count). The Morgan fingerprint density at radius 1 is 1.37 bits per heavy atom. The van der Waals surface area contributed by atoms with E-state index in [2.05, 4.69) is 58.2 Å². The third-order valence-corrected chi connectivity index (χ3v) is 5.02. The number of aryl methyl sites for hydroxylation is 1. The molecule has 1 N–H and O–H groups in total. The number of benzene rings is 1. The van der Waals surface area contributed by atoms with E-state index in [0.29, 0.717) is 12.1 Å². The maximum absolute atomic E-state index is 3.73. The van der Waals surface area contributed by atoms with Crippen LogP contribution < -0.4 is 10.2 Å². The lowest BCUT2D eigenvalue weighted by atomic mass is 10.0. The molecule has 0 amide bonds. The van der Waals surface area contributed by atoms with Crippen LogP contribution in [0.5, 0.6) is 0 Å². The number of hydrogen-bond acceptors (Lipinski definition) is 2. The zero-order valence-electron chi connectivity index (χ0n) is 11.8. The van der Waals surface area contributed by atoms with Crippen LogP contribution in [-0.2, 0) is 6.42 Å². The highest BCUT2D eigenvalue weighted by atomic mass is 79.9. The molecule has 1 aliphatic heterocycles. The van der Waals surface area contributed by atoms with Crippen LogP contribution in [-0.4, -0.2) is 25.2 Å². The summed E-state index contributed by atoms with van der Waals surface area (Å²) < 4.78 is 1.19. The van der Waals surface area contributed by atoms with Gasteiger partial charge in [-0.25, -0.2) is 0 Å². The van der Waals surface area contributed by atoms with E-state index < -0.39 is 0 Å². The van der Waals surface area contributed by atoms with Gasteiger partial charge in [0.2, 0.25) is 0 Å². The largest absolute Gasteiger partial charge is 0.366 e. The molecule has 2 atom stereocenters. The minimum atomic E-state index is 0.585. The summed E-state index contributed by atoms with van der Waals surface area (Å²) in [5, 5.41) is 3.73. The van der Waals surface area contributed by atoms with Crippen LogP contribution in [0.1, 0.15) is 32.3 Å². The van der Waals surface area contributed by atoms with Crippen LogP contribution in [0.3, 0.4) is 0 Å². The van der Waals surface area contributed by atoms with E-state index in [-0.39, 0.29) is 0 Å². The molecule has 1 aromatic carbocycles. The van der Waals surface area contributed by atoms with Crippen molar-refractivity contribution in [3.63, 3.8) is 0 Å². The van der Waals surface area contributed by atoms with Crippen LogP contribution in [0.2, 0.25) is 0 Å². The van der Waals surface area contributed by atoms with E-state index in [1.807, 2.05) is 0 Å². The van der Waals surface area contributed by atoms with Crippen molar-refractivity contribution in [1.29, 1.82) is 0 Å². The predicted octanol–water partition coefficient (Wildman–Crippen LogP) is 3.59. The molecule has 0 bridgehead atoms. The van der Waals surface area contributed by atoms with Crippen LogP contribution in [0.4, 0.5) is 5.69 Å². The molecule has 1 aliphatic carbocycles. The summed E-state index contributed by atoms with van der Waals surface area (Å²) in [4.78, 5) is 2.62. The maximum Gasteiger partial charge on any atom is 0.0402 e. The highest BCUT2D eigenvalue weighted by molar-refractivity contribution is 9.10.